The Labute approximate surface area is 536 Å². The van der Waals surface area contributed by atoms with Crippen molar-refractivity contribution in [2.45, 2.75) is 108 Å². The van der Waals surface area contributed by atoms with Gasteiger partial charge in [0.05, 0.1) is 21.5 Å². The molecule has 0 bridgehead atoms. The molecule has 2 aliphatic carbocycles. The van der Waals surface area contributed by atoms with Crippen LogP contribution in [0.25, 0.3) is 62.6 Å². The lowest BCUT2D eigenvalue weighted by Crippen LogP contribution is -2.61. The van der Waals surface area contributed by atoms with Crippen LogP contribution < -0.4 is 36.0 Å². The summed E-state index contributed by atoms with van der Waals surface area (Å²) in [5.74, 6) is 0. The van der Waals surface area contributed by atoms with Crippen LogP contribution >= 0.6 is 22.7 Å². The minimum Gasteiger partial charge on any atom is -0.334 e. The van der Waals surface area contributed by atoms with Crippen molar-refractivity contribution in [1.29, 1.82) is 0 Å². The average Bonchev–Trinajstić information content (AvgIpc) is 1.59. The maximum absolute atomic E-state index is 2.80. The molecule has 6 aliphatic rings. The highest BCUT2D eigenvalue weighted by Gasteiger charge is 2.60. The molecular weight excluding hydrogens is 1130 g/mol. The zero-order chi connectivity index (χ0) is 60.0. The maximum Gasteiger partial charge on any atom is 0.252 e. The van der Waals surface area contributed by atoms with Gasteiger partial charge < -0.3 is 19.6 Å². The third kappa shape index (κ3) is 7.14. The van der Waals surface area contributed by atoms with Gasteiger partial charge in [-0.15, -0.1) is 22.7 Å². The van der Waals surface area contributed by atoms with Gasteiger partial charge in [-0.05, 0) is 193 Å². The van der Waals surface area contributed by atoms with Crippen LogP contribution in [0.15, 0.2) is 231 Å². The van der Waals surface area contributed by atoms with Crippen LogP contribution in [0.4, 0.5) is 56.9 Å². The minimum atomic E-state index is -0.143. The highest BCUT2D eigenvalue weighted by molar-refractivity contribution is 7.26. The summed E-state index contributed by atoms with van der Waals surface area (Å²) in [7, 11) is 0. The summed E-state index contributed by atoms with van der Waals surface area (Å²) in [6, 6.07) is 89.6. The molecule has 2 fully saturated rings. The molecule has 0 radical (unpaired) electrons. The van der Waals surface area contributed by atoms with Crippen LogP contribution in [0, 0.1) is 6.92 Å². The van der Waals surface area contributed by atoms with Crippen molar-refractivity contribution in [1.82, 2.24) is 0 Å². The van der Waals surface area contributed by atoms with Gasteiger partial charge in [0.25, 0.3) is 6.71 Å². The number of thiophene rings is 2. The summed E-state index contributed by atoms with van der Waals surface area (Å²) in [4.78, 5) is 11.0. The van der Waals surface area contributed by atoms with E-state index in [4.69, 9.17) is 0 Å². The Balaban J connectivity index is 0.866. The molecule has 4 aliphatic heterocycles. The van der Waals surface area contributed by atoms with Crippen LogP contribution in [0.2, 0.25) is 0 Å². The molecule has 19 rings (SSSR count). The molecule has 11 aromatic carbocycles. The Morgan fingerprint density at radius 2 is 0.833 bits per heavy atom. The number of rotatable bonds is 6. The SMILES string of the molecule is Cc1cc2c3c(c1)N(c1cccc4c1sc1ccccc14)c1cc(N4c5ccc(-c6ccccc6)cc5C5(C)CCCCC45C)ccc1B3c1ccc(N3c4ccc(-c5ccccc5)cc4C4(C)CCCCC34C)cc1N2c1ccc2c(c1)sc1ccccc12. The highest BCUT2D eigenvalue weighted by Crippen LogP contribution is 2.64. The van der Waals surface area contributed by atoms with E-state index in [1.54, 1.807) is 0 Å². The maximum atomic E-state index is 2.80. The Hall–Kier alpha value is -8.88. The fraction of sp³-hybridized carbons (Fsp3) is 0.205. The summed E-state index contributed by atoms with van der Waals surface area (Å²) >= 11 is 3.84. The molecule has 4 unspecified atom stereocenters. The van der Waals surface area contributed by atoms with Crippen molar-refractivity contribution in [3.63, 3.8) is 0 Å². The van der Waals surface area contributed by atoms with Crippen molar-refractivity contribution < 1.29 is 0 Å². The Bertz CT molecular complexity index is 5180. The normalized spacial score (nSPS) is 22.0. The first-order valence-corrected chi connectivity index (χ1v) is 34.5. The van der Waals surface area contributed by atoms with Gasteiger partial charge in [0.1, 0.15) is 0 Å². The molecular formula is C83H69BN4S2. The standard InChI is InChI=1S/C83H69BN4S2/c1-52-45-73-78-74(46-52)86(70-28-20-27-63-61-26-13-15-30-76(61)90-79(63)70)72-50-59(88-69-40-32-56(54-23-10-7-11-24-54)48-65(69)81(3)42-17-19-44-83(81,88)5)35-38-67(72)84(78)66-37-34-58(49-71(66)85(73)57-33-36-62-60-25-12-14-29-75(60)89-77(62)51-57)87-68-39-31-55(53-21-8-6-9-22-53)47-64(68)80(2)41-16-18-43-82(80,87)4/h6-15,20-40,45-51H,16-19,41-44H2,1-5H3. The van der Waals surface area contributed by atoms with Crippen LogP contribution in [-0.4, -0.2) is 17.8 Å². The summed E-state index contributed by atoms with van der Waals surface area (Å²) < 4.78 is 5.26. The lowest BCUT2D eigenvalue weighted by atomic mass is 9.33. The molecule has 0 spiro atoms. The summed E-state index contributed by atoms with van der Waals surface area (Å²) in [5, 5.41) is 5.26. The van der Waals surface area contributed by atoms with Crippen molar-refractivity contribution in [3.8, 4) is 22.3 Å². The predicted octanol–water partition coefficient (Wildman–Crippen LogP) is 21.6. The fourth-order valence-corrected chi connectivity index (χ4v) is 20.9. The van der Waals surface area contributed by atoms with E-state index in [1.807, 2.05) is 22.7 Å². The van der Waals surface area contributed by atoms with Gasteiger partial charge in [-0.25, -0.2) is 0 Å². The highest BCUT2D eigenvalue weighted by atomic mass is 32.1. The monoisotopic (exact) mass is 1200 g/mol. The molecule has 0 saturated heterocycles. The van der Waals surface area contributed by atoms with E-state index in [1.165, 1.54) is 178 Å². The number of hydrogen-bond donors (Lipinski definition) is 0. The van der Waals surface area contributed by atoms with Crippen molar-refractivity contribution in [2.75, 3.05) is 19.6 Å². The topological polar surface area (TPSA) is 13.0 Å². The Morgan fingerprint density at radius 3 is 1.43 bits per heavy atom. The number of anilines is 10. The van der Waals surface area contributed by atoms with E-state index in [0.717, 1.165) is 25.7 Å². The Kier molecular flexibility index (Phi) is 11.2. The van der Waals surface area contributed by atoms with E-state index in [-0.39, 0.29) is 28.6 Å². The van der Waals surface area contributed by atoms with Gasteiger partial charge in [-0.2, -0.15) is 0 Å². The second-order valence-electron chi connectivity index (χ2n) is 27.8. The van der Waals surface area contributed by atoms with Gasteiger partial charge in [0.15, 0.2) is 0 Å². The zero-order valence-electron chi connectivity index (χ0n) is 51.8. The Morgan fingerprint density at radius 1 is 0.344 bits per heavy atom. The number of nitrogens with zero attached hydrogens (tertiary/aromatic N) is 4. The molecule has 6 heterocycles. The van der Waals surface area contributed by atoms with Gasteiger partial charge >= 0.3 is 0 Å². The molecule has 90 heavy (non-hydrogen) atoms. The molecule has 0 N–H and O–H groups in total. The van der Waals surface area contributed by atoms with Crippen LogP contribution in [0.5, 0.6) is 0 Å². The van der Waals surface area contributed by atoms with Crippen molar-refractivity contribution in [3.05, 3.63) is 247 Å². The first-order valence-electron chi connectivity index (χ1n) is 32.8. The van der Waals surface area contributed by atoms with Gasteiger partial charge in [0, 0.05) is 97.7 Å². The zero-order valence-corrected chi connectivity index (χ0v) is 53.4. The first-order chi connectivity index (χ1) is 44.0. The minimum absolute atomic E-state index is 0.0430. The second kappa shape index (κ2) is 19.1. The summed E-state index contributed by atoms with van der Waals surface area (Å²) in [6.07, 6.45) is 9.48. The summed E-state index contributed by atoms with van der Waals surface area (Å²) in [6.45, 7) is 12.6. The van der Waals surface area contributed by atoms with Gasteiger partial charge in [-0.3, -0.25) is 0 Å². The van der Waals surface area contributed by atoms with Crippen molar-refractivity contribution in [2.24, 2.45) is 0 Å². The molecule has 2 aromatic heterocycles. The molecule has 436 valence electrons. The lowest BCUT2D eigenvalue weighted by molar-refractivity contribution is 0.195. The lowest BCUT2D eigenvalue weighted by Gasteiger charge is -2.51. The van der Waals surface area contributed by atoms with Gasteiger partial charge in [0.2, 0.25) is 0 Å². The molecule has 2 saturated carbocycles. The average molecular weight is 1200 g/mol. The molecule has 4 nitrogen and oxygen atoms in total. The van der Waals surface area contributed by atoms with E-state index in [9.17, 15) is 0 Å². The largest absolute Gasteiger partial charge is 0.334 e. The van der Waals surface area contributed by atoms with Crippen molar-refractivity contribution >= 4 is 143 Å². The van der Waals surface area contributed by atoms with Crippen LogP contribution in [0.1, 0.15) is 95.8 Å². The number of benzene rings is 11. The van der Waals surface area contributed by atoms with E-state index >= 15 is 0 Å². The summed E-state index contributed by atoms with van der Waals surface area (Å²) in [5.41, 5.74) is 25.6. The second-order valence-corrected chi connectivity index (χ2v) is 30.0. The van der Waals surface area contributed by atoms with Crippen LogP contribution in [0.3, 0.4) is 0 Å². The number of hydrogen-bond acceptors (Lipinski definition) is 6. The molecule has 7 heteroatoms. The third-order valence-corrected chi connectivity index (χ3v) is 25.7. The molecule has 0 amide bonds. The quantitative estimate of drug-likeness (QED) is 0.154. The fourth-order valence-electron chi connectivity index (χ4n) is 18.6. The molecule has 13 aromatic rings. The number of aryl methyl sites for hydroxylation is 1. The number of fused-ring (bicyclic) bond motifs is 16. The third-order valence-electron chi connectivity index (χ3n) is 23.4. The first kappa shape index (κ1) is 53.0. The van der Waals surface area contributed by atoms with E-state index < -0.39 is 0 Å². The van der Waals surface area contributed by atoms with Crippen LogP contribution in [-0.2, 0) is 10.8 Å². The van der Waals surface area contributed by atoms with E-state index in [0.29, 0.717) is 0 Å². The predicted molar refractivity (Wildman–Crippen MR) is 387 cm³/mol. The van der Waals surface area contributed by atoms with E-state index in [2.05, 4.69) is 285 Å². The molecule has 4 atom stereocenters. The van der Waals surface area contributed by atoms with Gasteiger partial charge in [-0.1, -0.05) is 179 Å². The smallest absolute Gasteiger partial charge is 0.252 e.